The van der Waals surface area contributed by atoms with Crippen LogP contribution in [0.2, 0.25) is 5.02 Å². The minimum atomic E-state index is -0.0887. The van der Waals surface area contributed by atoms with Gasteiger partial charge in [-0.15, -0.1) is 0 Å². The molecule has 1 aliphatic rings. The summed E-state index contributed by atoms with van der Waals surface area (Å²) in [5, 5.41) is 3.49. The van der Waals surface area contributed by atoms with Gasteiger partial charge >= 0.3 is 0 Å². The van der Waals surface area contributed by atoms with Gasteiger partial charge in [-0.05, 0) is 37.5 Å². The van der Waals surface area contributed by atoms with Crippen LogP contribution in [-0.4, -0.2) is 18.6 Å². The highest BCUT2D eigenvalue weighted by Crippen LogP contribution is 2.27. The zero-order chi connectivity index (χ0) is 15.2. The quantitative estimate of drug-likeness (QED) is 0.878. The number of nitrogens with one attached hydrogen (secondary N) is 1. The van der Waals surface area contributed by atoms with Crippen molar-refractivity contribution in [2.24, 2.45) is 5.73 Å². The third-order valence-electron chi connectivity index (χ3n) is 3.81. The molecule has 0 aromatic heterocycles. The lowest BCUT2D eigenvalue weighted by Crippen LogP contribution is -2.39. The summed E-state index contributed by atoms with van der Waals surface area (Å²) >= 11 is 6.14. The summed E-state index contributed by atoms with van der Waals surface area (Å²) in [5.41, 5.74) is 6.74. The number of halogens is 1. The molecule has 21 heavy (non-hydrogen) atoms. The van der Waals surface area contributed by atoms with E-state index in [2.05, 4.69) is 5.32 Å². The molecule has 1 aromatic carbocycles. The normalized spacial score (nSPS) is 17.3. The second kappa shape index (κ2) is 7.66. The Kier molecular flexibility index (Phi) is 5.88. The van der Waals surface area contributed by atoms with Gasteiger partial charge in [0.1, 0.15) is 5.75 Å². The molecule has 116 valence electrons. The first-order chi connectivity index (χ1) is 10.1. The van der Waals surface area contributed by atoms with Crippen LogP contribution >= 0.6 is 11.6 Å². The molecule has 0 radical (unpaired) electrons. The standard InChI is InChI=1S/C16H23ClN2O2/c1-11(18)12-7-8-15(14(17)9-12)21-10-16(20)19-13-5-3-2-4-6-13/h7-9,11,13H,2-6,10,18H2,1H3,(H,19,20). The van der Waals surface area contributed by atoms with E-state index in [1.807, 2.05) is 13.0 Å². The summed E-state index contributed by atoms with van der Waals surface area (Å²) in [6.07, 6.45) is 5.78. The van der Waals surface area contributed by atoms with Crippen molar-refractivity contribution in [3.63, 3.8) is 0 Å². The minimum Gasteiger partial charge on any atom is -0.482 e. The topological polar surface area (TPSA) is 64.3 Å². The van der Waals surface area contributed by atoms with Crippen molar-refractivity contribution >= 4 is 17.5 Å². The van der Waals surface area contributed by atoms with Gasteiger partial charge in [0.15, 0.2) is 6.61 Å². The van der Waals surface area contributed by atoms with Crippen LogP contribution in [0.1, 0.15) is 50.6 Å². The molecule has 1 amide bonds. The number of amides is 1. The molecule has 1 aromatic rings. The second-order valence-electron chi connectivity index (χ2n) is 5.67. The Balaban J connectivity index is 1.83. The van der Waals surface area contributed by atoms with Gasteiger partial charge in [-0.3, -0.25) is 4.79 Å². The van der Waals surface area contributed by atoms with Gasteiger partial charge in [0, 0.05) is 12.1 Å². The SMILES string of the molecule is CC(N)c1ccc(OCC(=O)NC2CCCCC2)c(Cl)c1. The summed E-state index contributed by atoms with van der Waals surface area (Å²) in [4.78, 5) is 11.9. The van der Waals surface area contributed by atoms with Crippen LogP contribution in [0.25, 0.3) is 0 Å². The minimum absolute atomic E-state index is 0.00621. The fourth-order valence-electron chi connectivity index (χ4n) is 2.58. The van der Waals surface area contributed by atoms with Crippen LogP contribution in [0.3, 0.4) is 0 Å². The van der Waals surface area contributed by atoms with Gasteiger partial charge in [0.2, 0.25) is 0 Å². The predicted molar refractivity (Wildman–Crippen MR) is 84.6 cm³/mol. The molecular formula is C16H23ClN2O2. The lowest BCUT2D eigenvalue weighted by molar-refractivity contribution is -0.124. The molecular weight excluding hydrogens is 288 g/mol. The van der Waals surface area contributed by atoms with Gasteiger partial charge < -0.3 is 15.8 Å². The molecule has 4 nitrogen and oxygen atoms in total. The molecule has 2 rings (SSSR count). The fraction of sp³-hybridized carbons (Fsp3) is 0.562. The highest BCUT2D eigenvalue weighted by Gasteiger charge is 2.16. The molecule has 0 bridgehead atoms. The zero-order valence-electron chi connectivity index (χ0n) is 12.4. The molecule has 1 aliphatic carbocycles. The van der Waals surface area contributed by atoms with E-state index >= 15 is 0 Å². The summed E-state index contributed by atoms with van der Waals surface area (Å²) in [5.74, 6) is 0.425. The van der Waals surface area contributed by atoms with E-state index in [0.29, 0.717) is 16.8 Å². The first-order valence-corrected chi connectivity index (χ1v) is 7.91. The predicted octanol–water partition coefficient (Wildman–Crippen LogP) is 3.19. The van der Waals surface area contributed by atoms with E-state index in [9.17, 15) is 4.79 Å². The van der Waals surface area contributed by atoms with E-state index in [0.717, 1.165) is 18.4 Å². The van der Waals surface area contributed by atoms with Crippen LogP contribution in [0.4, 0.5) is 0 Å². The second-order valence-corrected chi connectivity index (χ2v) is 6.08. The average molecular weight is 311 g/mol. The van der Waals surface area contributed by atoms with Gasteiger partial charge in [0.25, 0.3) is 5.91 Å². The number of rotatable bonds is 5. The Labute approximate surface area is 131 Å². The van der Waals surface area contributed by atoms with E-state index in [-0.39, 0.29) is 18.6 Å². The van der Waals surface area contributed by atoms with Crippen molar-refractivity contribution in [1.82, 2.24) is 5.32 Å². The molecule has 3 N–H and O–H groups in total. The van der Waals surface area contributed by atoms with Crippen LogP contribution in [0.15, 0.2) is 18.2 Å². The Morgan fingerprint density at radius 2 is 2.14 bits per heavy atom. The lowest BCUT2D eigenvalue weighted by atomic mass is 9.95. The highest BCUT2D eigenvalue weighted by atomic mass is 35.5. The Morgan fingerprint density at radius 1 is 1.43 bits per heavy atom. The van der Waals surface area contributed by atoms with Crippen molar-refractivity contribution in [3.05, 3.63) is 28.8 Å². The number of hydrogen-bond donors (Lipinski definition) is 2. The van der Waals surface area contributed by atoms with Crippen molar-refractivity contribution in [2.45, 2.75) is 51.1 Å². The number of carbonyl (C=O) groups is 1. The Morgan fingerprint density at radius 3 is 2.76 bits per heavy atom. The maximum atomic E-state index is 11.9. The van der Waals surface area contributed by atoms with Crippen LogP contribution < -0.4 is 15.8 Å². The maximum absolute atomic E-state index is 11.9. The fourth-order valence-corrected chi connectivity index (χ4v) is 2.82. The highest BCUT2D eigenvalue weighted by molar-refractivity contribution is 6.32. The van der Waals surface area contributed by atoms with Crippen LogP contribution in [0, 0.1) is 0 Å². The molecule has 1 fully saturated rings. The van der Waals surface area contributed by atoms with E-state index in [1.54, 1.807) is 12.1 Å². The third kappa shape index (κ3) is 4.90. The number of hydrogen-bond acceptors (Lipinski definition) is 3. The van der Waals surface area contributed by atoms with Crippen molar-refractivity contribution in [1.29, 1.82) is 0 Å². The summed E-state index contributed by atoms with van der Waals surface area (Å²) in [6, 6.07) is 5.62. The smallest absolute Gasteiger partial charge is 0.258 e. The van der Waals surface area contributed by atoms with Crippen molar-refractivity contribution in [2.75, 3.05) is 6.61 Å². The Hall–Kier alpha value is -1.26. The van der Waals surface area contributed by atoms with E-state index in [4.69, 9.17) is 22.1 Å². The van der Waals surface area contributed by atoms with Crippen molar-refractivity contribution < 1.29 is 9.53 Å². The van der Waals surface area contributed by atoms with E-state index in [1.165, 1.54) is 19.3 Å². The molecule has 1 atom stereocenters. The lowest BCUT2D eigenvalue weighted by Gasteiger charge is -2.22. The monoisotopic (exact) mass is 310 g/mol. The molecule has 0 aliphatic heterocycles. The molecule has 1 saturated carbocycles. The zero-order valence-corrected chi connectivity index (χ0v) is 13.2. The van der Waals surface area contributed by atoms with E-state index < -0.39 is 0 Å². The van der Waals surface area contributed by atoms with Gasteiger partial charge in [-0.25, -0.2) is 0 Å². The molecule has 0 spiro atoms. The van der Waals surface area contributed by atoms with Crippen LogP contribution in [-0.2, 0) is 4.79 Å². The molecule has 0 heterocycles. The molecule has 1 unspecified atom stereocenters. The van der Waals surface area contributed by atoms with Crippen molar-refractivity contribution in [3.8, 4) is 5.75 Å². The maximum Gasteiger partial charge on any atom is 0.258 e. The number of benzene rings is 1. The van der Waals surface area contributed by atoms with Gasteiger partial charge in [-0.2, -0.15) is 0 Å². The summed E-state index contributed by atoms with van der Waals surface area (Å²) in [7, 11) is 0. The average Bonchev–Trinajstić information content (AvgIpc) is 2.47. The third-order valence-corrected chi connectivity index (χ3v) is 4.11. The summed E-state index contributed by atoms with van der Waals surface area (Å²) in [6.45, 7) is 1.89. The first-order valence-electron chi connectivity index (χ1n) is 7.53. The van der Waals surface area contributed by atoms with Crippen LogP contribution in [0.5, 0.6) is 5.75 Å². The first kappa shape index (κ1) is 16.1. The number of nitrogens with two attached hydrogens (primary N) is 1. The number of ether oxygens (including phenoxy) is 1. The largest absolute Gasteiger partial charge is 0.482 e. The summed E-state index contributed by atoms with van der Waals surface area (Å²) < 4.78 is 5.49. The van der Waals surface area contributed by atoms with Gasteiger partial charge in [0.05, 0.1) is 5.02 Å². The van der Waals surface area contributed by atoms with Gasteiger partial charge in [-0.1, -0.05) is 36.9 Å². The number of carbonyl (C=O) groups excluding carboxylic acids is 1. The molecule has 0 saturated heterocycles. The molecule has 5 heteroatoms. The Bertz CT molecular complexity index is 485.